The first kappa shape index (κ1) is 24.4. The molecule has 2 aromatic carbocycles. The molecule has 3 unspecified atom stereocenters. The molecule has 0 radical (unpaired) electrons. The van der Waals surface area contributed by atoms with Crippen LogP contribution in [0.1, 0.15) is 42.6 Å². The van der Waals surface area contributed by atoms with E-state index in [2.05, 4.69) is 5.32 Å². The number of fused-ring (bicyclic) bond motifs is 1. The van der Waals surface area contributed by atoms with Crippen LogP contribution in [-0.4, -0.2) is 64.5 Å². The van der Waals surface area contributed by atoms with Crippen molar-refractivity contribution in [2.75, 3.05) is 18.8 Å². The van der Waals surface area contributed by atoms with Crippen molar-refractivity contribution in [1.29, 1.82) is 0 Å². The lowest BCUT2D eigenvalue weighted by molar-refractivity contribution is -0.138. The summed E-state index contributed by atoms with van der Waals surface area (Å²) < 4.78 is 0. The summed E-state index contributed by atoms with van der Waals surface area (Å²) in [5.41, 5.74) is 7.56. The van der Waals surface area contributed by atoms with Gasteiger partial charge >= 0.3 is 0 Å². The lowest BCUT2D eigenvalue weighted by Gasteiger charge is -2.29. The highest BCUT2D eigenvalue weighted by molar-refractivity contribution is 6.01. The second-order valence-electron chi connectivity index (χ2n) is 9.76. The molecule has 2 fully saturated rings. The van der Waals surface area contributed by atoms with E-state index >= 15 is 0 Å². The predicted octanol–water partition coefficient (Wildman–Crippen LogP) is 2.04. The highest BCUT2D eigenvalue weighted by atomic mass is 16.2. The number of nitrogens with two attached hydrogens (primary N) is 1. The Morgan fingerprint density at radius 2 is 1.71 bits per heavy atom. The van der Waals surface area contributed by atoms with Crippen molar-refractivity contribution in [3.05, 3.63) is 65.7 Å². The quantitative estimate of drug-likeness (QED) is 0.594. The summed E-state index contributed by atoms with van der Waals surface area (Å²) in [6.07, 6.45) is 1.21. The number of Topliss-reactive ketones (excluding diaryl/α,β-unsaturated/α-hetero) is 1. The maximum absolute atomic E-state index is 13.6. The van der Waals surface area contributed by atoms with E-state index in [9.17, 15) is 19.2 Å². The topological polar surface area (TPSA) is 113 Å². The summed E-state index contributed by atoms with van der Waals surface area (Å²) in [5, 5.41) is 2.86. The number of benzene rings is 2. The number of amides is 3. The van der Waals surface area contributed by atoms with Crippen molar-refractivity contribution < 1.29 is 19.2 Å². The average molecular weight is 477 g/mol. The number of nitrogens with zero attached hydrogens (tertiary/aromatic N) is 2. The third kappa shape index (κ3) is 5.37. The fourth-order valence-corrected chi connectivity index (χ4v) is 5.03. The molecular formula is C27H32N4O4. The molecule has 35 heavy (non-hydrogen) atoms. The van der Waals surface area contributed by atoms with E-state index in [1.54, 1.807) is 34.1 Å². The summed E-state index contributed by atoms with van der Waals surface area (Å²) in [6, 6.07) is 14.2. The average Bonchev–Trinajstić information content (AvgIpc) is 3.40. The molecule has 0 bridgehead atoms. The van der Waals surface area contributed by atoms with Gasteiger partial charge in [0.2, 0.25) is 11.8 Å². The standard InChI is InChI=1S/C27H32N4O4/c1-17(2)14-21(29-26(34)19-8-10-20(28)11-9-19)27(35)30-13-12-22-25(30)23(32)16-31(22)24(33)15-18-6-4-3-5-7-18/h3-11,17,21-22,25H,12-16,28H2,1-2H3,(H,29,34). The van der Waals surface area contributed by atoms with E-state index in [1.165, 1.54) is 0 Å². The summed E-state index contributed by atoms with van der Waals surface area (Å²) in [7, 11) is 0. The second kappa shape index (κ2) is 10.3. The zero-order chi connectivity index (χ0) is 25.1. The number of hydrogen-bond acceptors (Lipinski definition) is 5. The van der Waals surface area contributed by atoms with Crippen LogP contribution >= 0.6 is 0 Å². The van der Waals surface area contributed by atoms with Gasteiger partial charge in [-0.3, -0.25) is 19.2 Å². The Balaban J connectivity index is 1.47. The molecule has 0 aromatic heterocycles. The number of nitrogens with one attached hydrogen (secondary N) is 1. The Hall–Kier alpha value is -3.68. The summed E-state index contributed by atoms with van der Waals surface area (Å²) in [4.78, 5) is 55.6. The van der Waals surface area contributed by atoms with Gasteiger partial charge in [-0.1, -0.05) is 44.2 Å². The molecule has 3 amide bonds. The number of ketones is 1. The van der Waals surface area contributed by atoms with Crippen molar-refractivity contribution in [3.63, 3.8) is 0 Å². The molecule has 8 heteroatoms. The molecule has 2 aliphatic heterocycles. The molecule has 2 heterocycles. The van der Waals surface area contributed by atoms with Crippen LogP contribution in [-0.2, 0) is 20.8 Å². The van der Waals surface area contributed by atoms with Crippen molar-refractivity contribution in [3.8, 4) is 0 Å². The normalized spacial score (nSPS) is 20.1. The van der Waals surface area contributed by atoms with Crippen molar-refractivity contribution in [2.45, 2.75) is 51.2 Å². The Morgan fingerprint density at radius 1 is 1.03 bits per heavy atom. The molecule has 2 saturated heterocycles. The minimum atomic E-state index is -0.763. The first-order valence-electron chi connectivity index (χ1n) is 12.1. The van der Waals surface area contributed by atoms with Crippen LogP contribution in [0.5, 0.6) is 0 Å². The van der Waals surface area contributed by atoms with Gasteiger partial charge in [0.1, 0.15) is 12.1 Å². The van der Waals surface area contributed by atoms with Gasteiger partial charge in [-0.2, -0.15) is 0 Å². The lowest BCUT2D eigenvalue weighted by atomic mass is 10.0. The number of nitrogen functional groups attached to an aromatic ring is 1. The lowest BCUT2D eigenvalue weighted by Crippen LogP contribution is -2.53. The molecule has 3 atom stereocenters. The monoisotopic (exact) mass is 476 g/mol. The van der Waals surface area contributed by atoms with Crippen LogP contribution in [0.2, 0.25) is 0 Å². The molecule has 184 valence electrons. The number of hydrogen-bond donors (Lipinski definition) is 2. The molecule has 0 aliphatic carbocycles. The van der Waals surface area contributed by atoms with Crippen LogP contribution in [0, 0.1) is 5.92 Å². The smallest absolute Gasteiger partial charge is 0.251 e. The molecule has 4 rings (SSSR count). The molecule has 0 spiro atoms. The zero-order valence-electron chi connectivity index (χ0n) is 20.1. The van der Waals surface area contributed by atoms with Gasteiger partial charge in [-0.15, -0.1) is 0 Å². The molecular weight excluding hydrogens is 444 g/mol. The number of carbonyl (C=O) groups excluding carboxylic acids is 4. The van der Waals surface area contributed by atoms with Gasteiger partial charge in [-0.05, 0) is 48.6 Å². The molecule has 3 N–H and O–H groups in total. The van der Waals surface area contributed by atoms with Crippen molar-refractivity contribution in [2.24, 2.45) is 5.92 Å². The van der Waals surface area contributed by atoms with Crippen LogP contribution in [0.3, 0.4) is 0 Å². The van der Waals surface area contributed by atoms with E-state index in [4.69, 9.17) is 5.73 Å². The SMILES string of the molecule is CC(C)CC(NC(=O)c1ccc(N)cc1)C(=O)N1CCC2C1C(=O)CN2C(=O)Cc1ccccc1. The van der Waals surface area contributed by atoms with Crippen molar-refractivity contribution in [1.82, 2.24) is 15.1 Å². The number of rotatable bonds is 7. The fraction of sp³-hybridized carbons (Fsp3) is 0.407. The highest BCUT2D eigenvalue weighted by Crippen LogP contribution is 2.31. The van der Waals surface area contributed by atoms with Crippen molar-refractivity contribution >= 4 is 29.2 Å². The third-order valence-corrected chi connectivity index (χ3v) is 6.71. The van der Waals surface area contributed by atoms with Crippen LogP contribution in [0.15, 0.2) is 54.6 Å². The van der Waals surface area contributed by atoms with E-state index < -0.39 is 12.1 Å². The van der Waals surface area contributed by atoms with Gasteiger partial charge in [0.15, 0.2) is 5.78 Å². The van der Waals surface area contributed by atoms with E-state index in [0.717, 1.165) is 5.56 Å². The van der Waals surface area contributed by atoms with Gasteiger partial charge in [0.05, 0.1) is 19.0 Å². The molecule has 2 aromatic rings. The van der Waals surface area contributed by atoms with Gasteiger partial charge in [0.25, 0.3) is 5.91 Å². The van der Waals surface area contributed by atoms with Crippen LogP contribution < -0.4 is 11.1 Å². The summed E-state index contributed by atoms with van der Waals surface area (Å²) in [6.45, 7) is 4.35. The molecule has 0 saturated carbocycles. The predicted molar refractivity (Wildman–Crippen MR) is 132 cm³/mol. The first-order chi connectivity index (χ1) is 16.7. The van der Waals surface area contributed by atoms with Gasteiger partial charge in [-0.25, -0.2) is 0 Å². The highest BCUT2D eigenvalue weighted by Gasteiger charge is 2.52. The number of anilines is 1. The van der Waals surface area contributed by atoms with E-state index in [-0.39, 0.29) is 48.4 Å². The first-order valence-corrected chi connectivity index (χ1v) is 12.1. The molecule has 8 nitrogen and oxygen atoms in total. The molecule has 2 aliphatic rings. The second-order valence-corrected chi connectivity index (χ2v) is 9.76. The van der Waals surface area contributed by atoms with Crippen LogP contribution in [0.4, 0.5) is 5.69 Å². The summed E-state index contributed by atoms with van der Waals surface area (Å²) >= 11 is 0. The Labute approximate surface area is 205 Å². The van der Waals surface area contributed by atoms with E-state index in [0.29, 0.717) is 30.6 Å². The van der Waals surface area contributed by atoms with E-state index in [1.807, 2.05) is 44.2 Å². The minimum Gasteiger partial charge on any atom is -0.399 e. The van der Waals surface area contributed by atoms with Gasteiger partial charge < -0.3 is 20.9 Å². The number of likely N-dealkylation sites (tertiary alicyclic amines) is 2. The summed E-state index contributed by atoms with van der Waals surface area (Å²) in [5.74, 6) is -0.729. The largest absolute Gasteiger partial charge is 0.399 e. The Morgan fingerprint density at radius 3 is 2.37 bits per heavy atom. The van der Waals surface area contributed by atoms with Gasteiger partial charge in [0, 0.05) is 17.8 Å². The minimum absolute atomic E-state index is 0.0113. The Bertz CT molecular complexity index is 1100. The zero-order valence-corrected chi connectivity index (χ0v) is 20.1. The Kier molecular flexibility index (Phi) is 7.19. The number of carbonyl (C=O) groups is 4. The third-order valence-electron chi connectivity index (χ3n) is 6.71. The maximum atomic E-state index is 13.6. The fourth-order valence-electron chi connectivity index (χ4n) is 5.03. The maximum Gasteiger partial charge on any atom is 0.251 e. The van der Waals surface area contributed by atoms with Crippen LogP contribution in [0.25, 0.3) is 0 Å².